The van der Waals surface area contributed by atoms with Crippen LogP contribution in [-0.2, 0) is 16.0 Å². The van der Waals surface area contributed by atoms with Crippen LogP contribution in [0.2, 0.25) is 0 Å². The fraction of sp³-hybridized carbons (Fsp3) is 0.286. The maximum Gasteiger partial charge on any atom is 0.227 e. The summed E-state index contributed by atoms with van der Waals surface area (Å²) in [5, 5.41) is 4.73. The summed E-state index contributed by atoms with van der Waals surface area (Å²) < 4.78 is 0. The van der Waals surface area contributed by atoms with Crippen LogP contribution in [0.1, 0.15) is 18.5 Å². The van der Waals surface area contributed by atoms with E-state index in [2.05, 4.69) is 15.3 Å². The first-order valence-electron chi connectivity index (χ1n) is 6.65. The Labute approximate surface area is 125 Å². The molecular weight excluding hydrogens is 288 g/mol. The standard InChI is InChI=1S/C14H14N4O2S/c19-13-4-6-18(12-7-15-5-3-11(12)17-13)14(20)2-1-10-8-21-9-16-10/h3,5,7-9H,1-2,4,6H2,(H,17,19). The third-order valence-corrected chi connectivity index (χ3v) is 3.94. The Morgan fingerprint density at radius 3 is 3.19 bits per heavy atom. The van der Waals surface area contributed by atoms with Gasteiger partial charge in [-0.3, -0.25) is 14.6 Å². The fourth-order valence-electron chi connectivity index (χ4n) is 2.24. The van der Waals surface area contributed by atoms with Crippen LogP contribution in [0, 0.1) is 0 Å². The Morgan fingerprint density at radius 2 is 2.38 bits per heavy atom. The van der Waals surface area contributed by atoms with Crippen molar-refractivity contribution in [1.82, 2.24) is 9.97 Å². The van der Waals surface area contributed by atoms with Gasteiger partial charge in [-0.1, -0.05) is 0 Å². The zero-order valence-electron chi connectivity index (χ0n) is 11.3. The van der Waals surface area contributed by atoms with Gasteiger partial charge in [-0.15, -0.1) is 11.3 Å². The minimum atomic E-state index is -0.0859. The van der Waals surface area contributed by atoms with Crippen molar-refractivity contribution in [3.8, 4) is 0 Å². The highest BCUT2D eigenvalue weighted by atomic mass is 32.1. The summed E-state index contributed by atoms with van der Waals surface area (Å²) in [6, 6.07) is 1.71. The number of carbonyl (C=O) groups excluding carboxylic acids is 2. The monoisotopic (exact) mass is 302 g/mol. The van der Waals surface area contributed by atoms with Gasteiger partial charge in [0, 0.05) is 31.0 Å². The number of thiazole rings is 1. The lowest BCUT2D eigenvalue weighted by Crippen LogP contribution is -2.32. The molecule has 1 aliphatic rings. The van der Waals surface area contributed by atoms with Crippen molar-refractivity contribution in [2.75, 3.05) is 16.8 Å². The summed E-state index contributed by atoms with van der Waals surface area (Å²) in [7, 11) is 0. The van der Waals surface area contributed by atoms with E-state index in [-0.39, 0.29) is 18.2 Å². The maximum absolute atomic E-state index is 12.5. The largest absolute Gasteiger partial charge is 0.324 e. The molecule has 108 valence electrons. The summed E-state index contributed by atoms with van der Waals surface area (Å²) in [4.78, 5) is 34.0. The highest BCUT2D eigenvalue weighted by molar-refractivity contribution is 7.07. The zero-order valence-corrected chi connectivity index (χ0v) is 12.1. The Balaban J connectivity index is 1.77. The summed E-state index contributed by atoms with van der Waals surface area (Å²) in [5.74, 6) is -0.106. The van der Waals surface area contributed by atoms with Crippen LogP contribution in [0.4, 0.5) is 11.4 Å². The van der Waals surface area contributed by atoms with Crippen LogP contribution in [0.5, 0.6) is 0 Å². The van der Waals surface area contributed by atoms with Crippen LogP contribution >= 0.6 is 11.3 Å². The predicted octanol–water partition coefficient (Wildman–Crippen LogP) is 1.85. The molecule has 0 atom stereocenters. The first-order valence-corrected chi connectivity index (χ1v) is 7.59. The van der Waals surface area contributed by atoms with Crippen molar-refractivity contribution in [3.63, 3.8) is 0 Å². The maximum atomic E-state index is 12.5. The zero-order chi connectivity index (χ0) is 14.7. The molecule has 0 radical (unpaired) electrons. The molecule has 3 rings (SSSR count). The summed E-state index contributed by atoms with van der Waals surface area (Å²) in [6.07, 6.45) is 4.48. The summed E-state index contributed by atoms with van der Waals surface area (Å²) in [6.45, 7) is 0.375. The number of amides is 2. The minimum Gasteiger partial charge on any atom is -0.324 e. The van der Waals surface area contributed by atoms with Crippen molar-refractivity contribution in [2.24, 2.45) is 0 Å². The highest BCUT2D eigenvalue weighted by Crippen LogP contribution is 2.28. The van der Waals surface area contributed by atoms with Crippen molar-refractivity contribution < 1.29 is 9.59 Å². The van der Waals surface area contributed by atoms with Crippen LogP contribution in [0.25, 0.3) is 0 Å². The SMILES string of the molecule is O=C1CCN(C(=O)CCc2cscn2)c2cnccc2N1. The van der Waals surface area contributed by atoms with E-state index in [1.165, 1.54) is 11.3 Å². The third kappa shape index (κ3) is 3.08. The summed E-state index contributed by atoms with van der Waals surface area (Å²) >= 11 is 1.52. The number of pyridine rings is 1. The molecule has 0 saturated carbocycles. The number of carbonyl (C=O) groups is 2. The first kappa shape index (κ1) is 13.7. The average Bonchev–Trinajstić information content (AvgIpc) is 2.94. The number of anilines is 2. The summed E-state index contributed by atoms with van der Waals surface area (Å²) in [5.41, 5.74) is 3.97. The van der Waals surface area contributed by atoms with Gasteiger partial charge in [0.05, 0.1) is 28.8 Å². The second-order valence-corrected chi connectivity index (χ2v) is 5.43. The molecule has 0 saturated heterocycles. The molecule has 6 nitrogen and oxygen atoms in total. The van der Waals surface area contributed by atoms with Crippen LogP contribution in [0.15, 0.2) is 29.4 Å². The lowest BCUT2D eigenvalue weighted by molar-refractivity contribution is -0.118. The minimum absolute atomic E-state index is 0.0197. The molecule has 3 heterocycles. The molecule has 21 heavy (non-hydrogen) atoms. The lowest BCUT2D eigenvalue weighted by Gasteiger charge is -2.21. The van der Waals surface area contributed by atoms with E-state index in [1.807, 2.05) is 5.38 Å². The van der Waals surface area contributed by atoms with Gasteiger partial charge in [0.1, 0.15) is 0 Å². The van der Waals surface area contributed by atoms with E-state index in [9.17, 15) is 9.59 Å². The number of hydrogen-bond donors (Lipinski definition) is 1. The fourth-order valence-corrected chi connectivity index (χ4v) is 2.84. The Morgan fingerprint density at radius 1 is 1.48 bits per heavy atom. The van der Waals surface area contributed by atoms with Crippen molar-refractivity contribution >= 4 is 34.5 Å². The van der Waals surface area contributed by atoms with Gasteiger partial charge < -0.3 is 10.2 Å². The molecule has 0 aromatic carbocycles. The van der Waals surface area contributed by atoms with Gasteiger partial charge in [-0.2, -0.15) is 0 Å². The number of fused-ring (bicyclic) bond motifs is 1. The molecule has 0 fully saturated rings. The number of aromatic nitrogens is 2. The molecule has 2 aromatic rings. The number of hydrogen-bond acceptors (Lipinski definition) is 5. The first-order chi connectivity index (χ1) is 10.2. The molecule has 2 aromatic heterocycles. The number of nitrogens with one attached hydrogen (secondary N) is 1. The van der Waals surface area contributed by atoms with Gasteiger partial charge in [0.15, 0.2) is 0 Å². The molecule has 1 aliphatic heterocycles. The normalized spacial score (nSPS) is 14.3. The van der Waals surface area contributed by atoms with E-state index in [0.717, 1.165) is 5.69 Å². The van der Waals surface area contributed by atoms with Crippen LogP contribution in [0.3, 0.4) is 0 Å². The van der Waals surface area contributed by atoms with Gasteiger partial charge in [-0.05, 0) is 12.5 Å². The Bertz CT molecular complexity index is 657. The third-order valence-electron chi connectivity index (χ3n) is 3.31. The van der Waals surface area contributed by atoms with E-state index in [1.54, 1.807) is 28.9 Å². The van der Waals surface area contributed by atoms with Crippen molar-refractivity contribution in [1.29, 1.82) is 0 Å². The molecule has 0 aliphatic carbocycles. The Kier molecular flexibility index (Phi) is 3.92. The average molecular weight is 302 g/mol. The quantitative estimate of drug-likeness (QED) is 0.939. The van der Waals surface area contributed by atoms with Crippen LogP contribution < -0.4 is 10.2 Å². The molecule has 7 heteroatoms. The molecule has 0 unspecified atom stereocenters. The molecule has 1 N–H and O–H groups in total. The van der Waals surface area contributed by atoms with Gasteiger partial charge in [0.2, 0.25) is 11.8 Å². The van der Waals surface area contributed by atoms with E-state index in [0.29, 0.717) is 30.8 Å². The van der Waals surface area contributed by atoms with Gasteiger partial charge in [-0.25, -0.2) is 4.98 Å². The molecule has 0 spiro atoms. The van der Waals surface area contributed by atoms with Gasteiger partial charge >= 0.3 is 0 Å². The molecule has 2 amide bonds. The van der Waals surface area contributed by atoms with E-state index in [4.69, 9.17) is 0 Å². The number of nitrogens with zero attached hydrogens (tertiary/aromatic N) is 3. The van der Waals surface area contributed by atoms with Gasteiger partial charge in [0.25, 0.3) is 0 Å². The number of rotatable bonds is 3. The lowest BCUT2D eigenvalue weighted by atomic mass is 10.2. The van der Waals surface area contributed by atoms with Crippen LogP contribution in [-0.4, -0.2) is 28.3 Å². The van der Waals surface area contributed by atoms with E-state index >= 15 is 0 Å². The van der Waals surface area contributed by atoms with Crippen molar-refractivity contribution in [2.45, 2.75) is 19.3 Å². The Hall–Kier alpha value is -2.28. The topological polar surface area (TPSA) is 75.2 Å². The molecular formula is C14H14N4O2S. The smallest absolute Gasteiger partial charge is 0.227 e. The highest BCUT2D eigenvalue weighted by Gasteiger charge is 2.23. The second-order valence-electron chi connectivity index (χ2n) is 4.72. The molecule has 0 bridgehead atoms. The predicted molar refractivity (Wildman–Crippen MR) is 80.3 cm³/mol. The van der Waals surface area contributed by atoms with Crippen molar-refractivity contribution in [3.05, 3.63) is 35.0 Å². The number of aryl methyl sites for hydroxylation is 1. The van der Waals surface area contributed by atoms with E-state index < -0.39 is 0 Å². The second kappa shape index (κ2) is 6.01.